The molecule has 4 heteroatoms. The van der Waals surface area contributed by atoms with Crippen molar-refractivity contribution in [3.05, 3.63) is 0 Å². The second-order valence-corrected chi connectivity index (χ2v) is 2.19. The molecular weight excluding hydrogens is 118 g/mol. The van der Waals surface area contributed by atoms with Crippen LogP contribution in [0.15, 0.2) is 5.16 Å². The molecule has 0 spiro atoms. The molecule has 0 rings (SSSR count). The van der Waals surface area contributed by atoms with Gasteiger partial charge in [-0.1, -0.05) is 5.16 Å². The van der Waals surface area contributed by atoms with E-state index in [9.17, 15) is 0 Å². The zero-order chi connectivity index (χ0) is 7.44. The summed E-state index contributed by atoms with van der Waals surface area (Å²) in [6, 6.07) is 0. The second-order valence-electron chi connectivity index (χ2n) is 2.19. The van der Waals surface area contributed by atoms with Crippen LogP contribution in [-0.4, -0.2) is 49.2 Å². The molecule has 0 bridgehead atoms. The van der Waals surface area contributed by atoms with E-state index in [1.54, 1.807) is 9.80 Å². The highest BCUT2D eigenvalue weighted by Crippen LogP contribution is 1.84. The van der Waals surface area contributed by atoms with Crippen LogP contribution in [0.2, 0.25) is 0 Å². The maximum atomic E-state index is 8.37. The highest BCUT2D eigenvalue weighted by atomic mass is 16.4. The molecule has 0 heterocycles. The standard InChI is InChI=1S/C5H13N3O/c1-7(2)5(6-9)8(3)4/h9H,1-4H3. The van der Waals surface area contributed by atoms with E-state index in [1.807, 2.05) is 28.2 Å². The minimum Gasteiger partial charge on any atom is -0.408 e. The molecule has 0 aromatic rings. The summed E-state index contributed by atoms with van der Waals surface area (Å²) < 4.78 is 0. The van der Waals surface area contributed by atoms with E-state index in [1.165, 1.54) is 0 Å². The van der Waals surface area contributed by atoms with Crippen molar-refractivity contribution in [3.63, 3.8) is 0 Å². The monoisotopic (exact) mass is 131 g/mol. The van der Waals surface area contributed by atoms with Crippen molar-refractivity contribution in [3.8, 4) is 0 Å². The van der Waals surface area contributed by atoms with E-state index < -0.39 is 0 Å². The summed E-state index contributed by atoms with van der Waals surface area (Å²) >= 11 is 0. The molecule has 0 atom stereocenters. The van der Waals surface area contributed by atoms with Gasteiger partial charge in [0, 0.05) is 28.2 Å². The Balaban J connectivity index is 4.01. The average Bonchev–Trinajstić information content (AvgIpc) is 1.64. The van der Waals surface area contributed by atoms with Crippen molar-refractivity contribution in [2.75, 3.05) is 28.2 Å². The summed E-state index contributed by atoms with van der Waals surface area (Å²) in [5.74, 6) is 0.537. The number of hydrogen-bond donors (Lipinski definition) is 1. The molecule has 0 saturated carbocycles. The fourth-order valence-electron chi connectivity index (χ4n) is 0.579. The molecular formula is C5H13N3O. The van der Waals surface area contributed by atoms with Gasteiger partial charge in [-0.05, 0) is 0 Å². The number of guanidine groups is 1. The SMILES string of the molecule is CN(C)C(=NO)N(C)C. The lowest BCUT2D eigenvalue weighted by Crippen LogP contribution is -2.35. The van der Waals surface area contributed by atoms with Crippen LogP contribution in [0.3, 0.4) is 0 Å². The van der Waals surface area contributed by atoms with E-state index in [2.05, 4.69) is 5.16 Å². The molecule has 54 valence electrons. The Morgan fingerprint density at radius 3 is 1.44 bits per heavy atom. The fraction of sp³-hybridized carbons (Fsp3) is 0.800. The lowest BCUT2D eigenvalue weighted by atomic mass is 10.7. The van der Waals surface area contributed by atoms with Crippen LogP contribution in [0, 0.1) is 0 Å². The Morgan fingerprint density at radius 1 is 1.11 bits per heavy atom. The van der Waals surface area contributed by atoms with Gasteiger partial charge in [-0.15, -0.1) is 0 Å². The molecule has 0 fully saturated rings. The summed E-state index contributed by atoms with van der Waals surface area (Å²) in [6.45, 7) is 0. The van der Waals surface area contributed by atoms with Gasteiger partial charge < -0.3 is 15.0 Å². The van der Waals surface area contributed by atoms with Gasteiger partial charge in [-0.25, -0.2) is 0 Å². The van der Waals surface area contributed by atoms with E-state index in [0.29, 0.717) is 5.96 Å². The number of oxime groups is 1. The molecule has 0 saturated heterocycles. The third-order valence-corrected chi connectivity index (χ3v) is 0.889. The van der Waals surface area contributed by atoms with Gasteiger partial charge in [-0.3, -0.25) is 0 Å². The van der Waals surface area contributed by atoms with Crippen molar-refractivity contribution in [1.29, 1.82) is 0 Å². The molecule has 0 aromatic carbocycles. The van der Waals surface area contributed by atoms with Gasteiger partial charge in [0.2, 0.25) is 5.96 Å². The Kier molecular flexibility index (Phi) is 2.84. The minimum absolute atomic E-state index is 0.537. The normalized spacial score (nSPS) is 8.44. The van der Waals surface area contributed by atoms with Crippen molar-refractivity contribution >= 4 is 5.96 Å². The Bertz CT molecular complexity index is 98.8. The Hall–Kier alpha value is -0.930. The maximum Gasteiger partial charge on any atom is 0.237 e. The molecule has 0 unspecified atom stereocenters. The molecule has 9 heavy (non-hydrogen) atoms. The van der Waals surface area contributed by atoms with Gasteiger partial charge in [0.1, 0.15) is 0 Å². The van der Waals surface area contributed by atoms with Crippen molar-refractivity contribution in [2.45, 2.75) is 0 Å². The van der Waals surface area contributed by atoms with Crippen LogP contribution in [0.25, 0.3) is 0 Å². The third-order valence-electron chi connectivity index (χ3n) is 0.889. The highest BCUT2D eigenvalue weighted by Gasteiger charge is 2.02. The predicted molar refractivity (Wildman–Crippen MR) is 36.6 cm³/mol. The van der Waals surface area contributed by atoms with Crippen LogP contribution < -0.4 is 0 Å². The molecule has 4 nitrogen and oxygen atoms in total. The summed E-state index contributed by atoms with van der Waals surface area (Å²) in [7, 11) is 7.26. The smallest absolute Gasteiger partial charge is 0.237 e. The Morgan fingerprint density at radius 2 is 1.44 bits per heavy atom. The van der Waals surface area contributed by atoms with Crippen LogP contribution in [-0.2, 0) is 0 Å². The van der Waals surface area contributed by atoms with E-state index >= 15 is 0 Å². The van der Waals surface area contributed by atoms with Crippen LogP contribution in [0.4, 0.5) is 0 Å². The Labute approximate surface area is 55.4 Å². The molecule has 1 N–H and O–H groups in total. The van der Waals surface area contributed by atoms with Gasteiger partial charge in [0.15, 0.2) is 0 Å². The lowest BCUT2D eigenvalue weighted by Gasteiger charge is -2.20. The largest absolute Gasteiger partial charge is 0.408 e. The molecule has 0 aliphatic carbocycles. The summed E-state index contributed by atoms with van der Waals surface area (Å²) in [4.78, 5) is 3.44. The first-order chi connectivity index (χ1) is 4.09. The number of rotatable bonds is 0. The van der Waals surface area contributed by atoms with Crippen molar-refractivity contribution < 1.29 is 5.21 Å². The number of nitrogens with zero attached hydrogens (tertiary/aromatic N) is 3. The topological polar surface area (TPSA) is 39.1 Å². The van der Waals surface area contributed by atoms with Crippen LogP contribution >= 0.6 is 0 Å². The predicted octanol–water partition coefficient (Wildman–Crippen LogP) is -0.145. The number of hydrogen-bond acceptors (Lipinski definition) is 2. The zero-order valence-corrected chi connectivity index (χ0v) is 6.29. The molecule has 0 aromatic heterocycles. The van der Waals surface area contributed by atoms with Gasteiger partial charge in [0.25, 0.3) is 0 Å². The van der Waals surface area contributed by atoms with Gasteiger partial charge in [0.05, 0.1) is 0 Å². The van der Waals surface area contributed by atoms with E-state index in [0.717, 1.165) is 0 Å². The van der Waals surface area contributed by atoms with Gasteiger partial charge in [-0.2, -0.15) is 0 Å². The van der Waals surface area contributed by atoms with E-state index in [-0.39, 0.29) is 0 Å². The first-order valence-corrected chi connectivity index (χ1v) is 2.66. The average molecular weight is 131 g/mol. The molecule has 0 radical (unpaired) electrons. The van der Waals surface area contributed by atoms with E-state index in [4.69, 9.17) is 5.21 Å². The second kappa shape index (κ2) is 3.17. The van der Waals surface area contributed by atoms with Crippen LogP contribution in [0.1, 0.15) is 0 Å². The summed E-state index contributed by atoms with van der Waals surface area (Å²) in [6.07, 6.45) is 0. The molecule has 0 aliphatic heterocycles. The van der Waals surface area contributed by atoms with Crippen LogP contribution in [0.5, 0.6) is 0 Å². The first kappa shape index (κ1) is 8.07. The van der Waals surface area contributed by atoms with Crippen molar-refractivity contribution in [1.82, 2.24) is 9.80 Å². The lowest BCUT2D eigenvalue weighted by molar-refractivity contribution is 0.293. The third kappa shape index (κ3) is 2.21. The molecule has 0 amide bonds. The first-order valence-electron chi connectivity index (χ1n) is 2.66. The zero-order valence-electron chi connectivity index (χ0n) is 6.29. The summed E-state index contributed by atoms with van der Waals surface area (Å²) in [5.41, 5.74) is 0. The highest BCUT2D eigenvalue weighted by molar-refractivity contribution is 5.78. The minimum atomic E-state index is 0.537. The maximum absolute atomic E-state index is 8.37. The summed E-state index contributed by atoms with van der Waals surface area (Å²) in [5, 5.41) is 11.4. The van der Waals surface area contributed by atoms with Crippen molar-refractivity contribution in [2.24, 2.45) is 5.16 Å². The quantitative estimate of drug-likeness (QED) is 0.215. The fourth-order valence-corrected chi connectivity index (χ4v) is 0.579. The van der Waals surface area contributed by atoms with Gasteiger partial charge >= 0.3 is 0 Å². The molecule has 0 aliphatic rings.